The fourth-order valence-corrected chi connectivity index (χ4v) is 6.48. The third-order valence-corrected chi connectivity index (χ3v) is 7.97. The molecule has 0 aliphatic carbocycles. The van der Waals surface area contributed by atoms with E-state index in [1.807, 2.05) is 0 Å². The molecule has 4 rings (SSSR count). The van der Waals surface area contributed by atoms with Crippen LogP contribution in [-0.2, 0) is 15.9 Å². The van der Waals surface area contributed by atoms with Gasteiger partial charge in [0.25, 0.3) is 0 Å². The van der Waals surface area contributed by atoms with Gasteiger partial charge >= 0.3 is 6.03 Å². The minimum absolute atomic E-state index is 0.0685. The number of hydrogen-bond donors (Lipinski definition) is 1. The number of carbonyl (C=O) groups excluding carboxylic acids is 1. The summed E-state index contributed by atoms with van der Waals surface area (Å²) in [5, 5.41) is 3.22. The highest BCUT2D eigenvalue weighted by atomic mass is 35.5. The molecule has 0 aromatic heterocycles. The molecular weight excluding hydrogens is 434 g/mol. The molecule has 0 spiro atoms. The third-order valence-electron chi connectivity index (χ3n) is 5.68. The second-order valence-electron chi connectivity index (χ2n) is 7.30. The second-order valence-corrected chi connectivity index (χ2v) is 9.48. The predicted molar refractivity (Wildman–Crippen MR) is 110 cm³/mol. The van der Waals surface area contributed by atoms with Gasteiger partial charge in [-0.3, -0.25) is 0 Å². The number of amides is 2. The summed E-state index contributed by atoms with van der Waals surface area (Å²) in [5.41, 5.74) is -0.0685. The van der Waals surface area contributed by atoms with Crippen LogP contribution < -0.4 is 10.1 Å². The maximum absolute atomic E-state index is 15.2. The van der Waals surface area contributed by atoms with Crippen LogP contribution in [0.5, 0.6) is 5.75 Å². The number of carbonyl (C=O) groups is 1. The van der Waals surface area contributed by atoms with Gasteiger partial charge in [-0.1, -0.05) is 11.6 Å². The van der Waals surface area contributed by atoms with Crippen molar-refractivity contribution in [2.75, 3.05) is 19.7 Å². The smallest absolute Gasteiger partial charge is 0.317 e. The molecule has 0 saturated carbocycles. The minimum atomic E-state index is -1.80. The molecule has 1 unspecified atom stereocenters. The number of ether oxygens (including phenoxy) is 1. The highest BCUT2D eigenvalue weighted by molar-refractivity contribution is 7.92. The number of hydrogen-bond acceptors (Lipinski definition) is 3. The molecular formula is C21H21ClF2N2O3S. The van der Waals surface area contributed by atoms with Crippen molar-refractivity contribution in [1.82, 2.24) is 10.2 Å². The van der Waals surface area contributed by atoms with E-state index in [0.29, 0.717) is 35.8 Å². The molecule has 2 aliphatic rings. The molecule has 3 atom stereocenters. The van der Waals surface area contributed by atoms with E-state index in [2.05, 4.69) is 5.32 Å². The Labute approximate surface area is 181 Å². The van der Waals surface area contributed by atoms with E-state index in [0.717, 1.165) is 12.1 Å². The Kier molecular flexibility index (Phi) is 5.83. The molecule has 0 radical (unpaired) electrons. The molecule has 2 aliphatic heterocycles. The Balaban J connectivity index is 1.91. The Morgan fingerprint density at radius 3 is 2.70 bits per heavy atom. The number of fused-ring (bicyclic) bond motifs is 3. The van der Waals surface area contributed by atoms with Crippen molar-refractivity contribution in [3.05, 3.63) is 58.6 Å². The summed E-state index contributed by atoms with van der Waals surface area (Å²) in [6.07, 6.45) is 0.807. The normalized spacial score (nSPS) is 23.8. The van der Waals surface area contributed by atoms with Gasteiger partial charge in [-0.2, -0.15) is 0 Å². The number of piperidine rings is 1. The number of benzene rings is 2. The van der Waals surface area contributed by atoms with Crippen molar-refractivity contribution < 1.29 is 22.9 Å². The van der Waals surface area contributed by atoms with Crippen molar-refractivity contribution in [2.24, 2.45) is 0 Å². The minimum Gasteiger partial charge on any atom is -0.611 e. The van der Waals surface area contributed by atoms with Gasteiger partial charge in [-0.25, -0.2) is 13.6 Å². The Hall–Kier alpha value is -2.03. The van der Waals surface area contributed by atoms with Gasteiger partial charge in [0.1, 0.15) is 18.5 Å². The van der Waals surface area contributed by atoms with E-state index in [4.69, 9.17) is 16.3 Å². The first-order valence-corrected chi connectivity index (χ1v) is 11.3. The van der Waals surface area contributed by atoms with E-state index in [1.165, 1.54) is 4.90 Å². The fraction of sp³-hybridized carbons (Fsp3) is 0.381. The van der Waals surface area contributed by atoms with E-state index in [-0.39, 0.29) is 24.0 Å². The van der Waals surface area contributed by atoms with Gasteiger partial charge in [-0.15, -0.1) is 0 Å². The van der Waals surface area contributed by atoms with Crippen LogP contribution in [0.25, 0.3) is 0 Å². The van der Waals surface area contributed by atoms with Gasteiger partial charge in [-0.05, 0) is 60.9 Å². The van der Waals surface area contributed by atoms with Crippen LogP contribution in [0.2, 0.25) is 5.02 Å². The van der Waals surface area contributed by atoms with Gasteiger partial charge < -0.3 is 19.5 Å². The molecule has 0 bridgehead atoms. The molecule has 1 saturated heterocycles. The number of rotatable bonds is 3. The lowest BCUT2D eigenvalue weighted by molar-refractivity contribution is 0.0659. The monoisotopic (exact) mass is 454 g/mol. The molecule has 1 N–H and O–H groups in total. The highest BCUT2D eigenvalue weighted by Gasteiger charge is 2.62. The van der Waals surface area contributed by atoms with Crippen molar-refractivity contribution in [1.29, 1.82) is 0 Å². The molecule has 2 aromatic rings. The second kappa shape index (κ2) is 8.24. The zero-order valence-corrected chi connectivity index (χ0v) is 17.9. The van der Waals surface area contributed by atoms with Gasteiger partial charge in [0.2, 0.25) is 0 Å². The number of urea groups is 1. The average Bonchev–Trinajstić information content (AvgIpc) is 2.75. The molecule has 2 aromatic carbocycles. The van der Waals surface area contributed by atoms with E-state index < -0.39 is 33.6 Å². The average molecular weight is 455 g/mol. The maximum atomic E-state index is 15.2. The van der Waals surface area contributed by atoms with Crippen LogP contribution in [-0.4, -0.2) is 41.2 Å². The summed E-state index contributed by atoms with van der Waals surface area (Å²) in [6.45, 7) is 2.54. The summed E-state index contributed by atoms with van der Waals surface area (Å²) in [7, 11) is 0. The van der Waals surface area contributed by atoms with Crippen LogP contribution in [0, 0.1) is 11.6 Å². The third kappa shape index (κ3) is 3.31. The van der Waals surface area contributed by atoms with Gasteiger partial charge in [0.15, 0.2) is 21.2 Å². The standard InChI is InChI=1S/C21H21ClF2N2O3S/c1-2-25-20(27)26-11-3-10-21(30(28)14-6-4-13(22)5-7-14)17(26)12-29-19-16(24)9-8-15(23)18(19)21/h4-9,17H,2-3,10-12H2,1H3,(H,25,27)/t17-,21+,30?/m0/s1. The summed E-state index contributed by atoms with van der Waals surface area (Å²) in [6, 6.07) is 7.38. The number of halogens is 3. The first-order valence-electron chi connectivity index (χ1n) is 9.73. The molecule has 2 heterocycles. The molecule has 9 heteroatoms. The van der Waals surface area contributed by atoms with Crippen LogP contribution in [0.15, 0.2) is 41.3 Å². The first-order chi connectivity index (χ1) is 14.4. The lowest BCUT2D eigenvalue weighted by Crippen LogP contribution is -2.65. The predicted octanol–water partition coefficient (Wildman–Crippen LogP) is 4.21. The van der Waals surface area contributed by atoms with Crippen molar-refractivity contribution >= 4 is 28.8 Å². The number of nitrogens with one attached hydrogen (secondary N) is 1. The van der Waals surface area contributed by atoms with E-state index in [9.17, 15) is 13.7 Å². The number of nitrogens with zero attached hydrogens (tertiary/aromatic N) is 1. The number of likely N-dealkylation sites (tertiary alicyclic amines) is 1. The molecule has 5 nitrogen and oxygen atoms in total. The quantitative estimate of drug-likeness (QED) is 0.707. The summed E-state index contributed by atoms with van der Waals surface area (Å²) in [4.78, 5) is 14.7. The Morgan fingerprint density at radius 1 is 1.30 bits per heavy atom. The summed E-state index contributed by atoms with van der Waals surface area (Å²) in [5.74, 6) is -1.64. The summed E-state index contributed by atoms with van der Waals surface area (Å²) >= 11 is 4.17. The van der Waals surface area contributed by atoms with Crippen LogP contribution in [0.1, 0.15) is 25.3 Å². The molecule has 30 heavy (non-hydrogen) atoms. The van der Waals surface area contributed by atoms with Crippen LogP contribution in [0.3, 0.4) is 0 Å². The Bertz CT molecular complexity index is 962. The largest absolute Gasteiger partial charge is 0.611 e. The van der Waals surface area contributed by atoms with Crippen LogP contribution >= 0.6 is 11.6 Å². The lowest BCUT2D eigenvalue weighted by atomic mass is 9.80. The first kappa shape index (κ1) is 21.2. The zero-order chi connectivity index (χ0) is 21.5. The van der Waals surface area contributed by atoms with Gasteiger partial charge in [0, 0.05) is 24.5 Å². The highest BCUT2D eigenvalue weighted by Crippen LogP contribution is 2.53. The fourth-order valence-electron chi connectivity index (χ4n) is 4.41. The van der Waals surface area contributed by atoms with Crippen molar-refractivity contribution in [2.45, 2.75) is 35.4 Å². The lowest BCUT2D eigenvalue weighted by Gasteiger charge is -2.51. The zero-order valence-electron chi connectivity index (χ0n) is 16.3. The maximum Gasteiger partial charge on any atom is 0.317 e. The van der Waals surface area contributed by atoms with Crippen LogP contribution in [0.4, 0.5) is 13.6 Å². The molecule has 1 fully saturated rings. The molecule has 160 valence electrons. The van der Waals surface area contributed by atoms with E-state index >= 15 is 4.39 Å². The van der Waals surface area contributed by atoms with Gasteiger partial charge in [0.05, 0.1) is 5.56 Å². The summed E-state index contributed by atoms with van der Waals surface area (Å²) < 4.78 is 48.0. The topological polar surface area (TPSA) is 64.6 Å². The van der Waals surface area contributed by atoms with Crippen molar-refractivity contribution in [3.8, 4) is 5.75 Å². The molecule has 2 amide bonds. The van der Waals surface area contributed by atoms with Crippen molar-refractivity contribution in [3.63, 3.8) is 0 Å². The Morgan fingerprint density at radius 2 is 2.00 bits per heavy atom. The SMILES string of the molecule is CCNC(=O)N1CCC[C@]2([S+]([O-])c3ccc(Cl)cc3)c3c(F)ccc(F)c3OC[C@H]12. The van der Waals surface area contributed by atoms with E-state index in [1.54, 1.807) is 31.2 Å².